The zero-order valence-electron chi connectivity index (χ0n) is 19.6. The van der Waals surface area contributed by atoms with E-state index in [1.54, 1.807) is 26.0 Å². The molecule has 170 valence electrons. The van der Waals surface area contributed by atoms with Crippen LogP contribution in [0.15, 0.2) is 53.5 Å². The number of guanidine groups is 1. The number of hydrogen-bond donors (Lipinski definition) is 2. The van der Waals surface area contributed by atoms with Crippen molar-refractivity contribution in [2.75, 3.05) is 27.7 Å². The second-order valence-electron chi connectivity index (χ2n) is 8.35. The third-order valence-corrected chi connectivity index (χ3v) is 4.99. The van der Waals surface area contributed by atoms with Crippen LogP contribution in [0.5, 0.6) is 0 Å². The Labute approximate surface area is 204 Å². The third kappa shape index (κ3) is 8.89. The van der Waals surface area contributed by atoms with Gasteiger partial charge in [-0.2, -0.15) is 0 Å². The molecule has 2 aromatic rings. The molecule has 1 unspecified atom stereocenters. The van der Waals surface area contributed by atoms with E-state index in [0.717, 1.165) is 36.5 Å². The Bertz CT molecular complexity index is 847. The monoisotopic (exact) mass is 536 g/mol. The van der Waals surface area contributed by atoms with Gasteiger partial charge in [0.05, 0.1) is 6.04 Å². The van der Waals surface area contributed by atoms with Gasteiger partial charge in [-0.25, -0.2) is 0 Å². The second kappa shape index (κ2) is 13.3. The van der Waals surface area contributed by atoms with Gasteiger partial charge in [0, 0.05) is 33.3 Å². The van der Waals surface area contributed by atoms with Gasteiger partial charge in [0.2, 0.25) is 0 Å². The van der Waals surface area contributed by atoms with E-state index in [9.17, 15) is 4.79 Å². The van der Waals surface area contributed by atoms with Crippen molar-refractivity contribution in [1.29, 1.82) is 0 Å². The highest BCUT2D eigenvalue weighted by Gasteiger charge is 2.10. The van der Waals surface area contributed by atoms with Gasteiger partial charge in [0.25, 0.3) is 5.91 Å². The molecule has 2 rings (SSSR count). The zero-order chi connectivity index (χ0) is 22.1. The third-order valence-electron chi connectivity index (χ3n) is 4.99. The van der Waals surface area contributed by atoms with Crippen LogP contribution in [0.2, 0.25) is 0 Å². The van der Waals surface area contributed by atoms with Gasteiger partial charge in [-0.3, -0.25) is 9.79 Å². The van der Waals surface area contributed by atoms with Crippen molar-refractivity contribution < 1.29 is 4.79 Å². The molecule has 2 aromatic carbocycles. The van der Waals surface area contributed by atoms with Crippen LogP contribution in [0, 0.1) is 5.92 Å². The molecule has 0 aliphatic rings. The number of aliphatic imine (C=N–C) groups is 1. The lowest BCUT2D eigenvalue weighted by molar-refractivity contribution is 0.0827. The number of nitrogens with zero attached hydrogens (tertiary/aromatic N) is 2. The number of amides is 1. The molecule has 0 bridgehead atoms. The normalized spacial score (nSPS) is 12.2. The first-order chi connectivity index (χ1) is 14.3. The van der Waals surface area contributed by atoms with E-state index in [2.05, 4.69) is 60.7 Å². The predicted molar refractivity (Wildman–Crippen MR) is 141 cm³/mol. The highest BCUT2D eigenvalue weighted by atomic mass is 127. The van der Waals surface area contributed by atoms with E-state index < -0.39 is 0 Å². The summed E-state index contributed by atoms with van der Waals surface area (Å²) in [6, 6.07) is 16.8. The highest BCUT2D eigenvalue weighted by molar-refractivity contribution is 14.0. The van der Waals surface area contributed by atoms with Crippen LogP contribution in [0.25, 0.3) is 0 Å². The molecule has 2 N–H and O–H groups in total. The smallest absolute Gasteiger partial charge is 0.253 e. The van der Waals surface area contributed by atoms with Gasteiger partial charge >= 0.3 is 0 Å². The maximum Gasteiger partial charge on any atom is 0.253 e. The minimum absolute atomic E-state index is 0. The number of rotatable bonds is 8. The molecule has 31 heavy (non-hydrogen) atoms. The highest BCUT2D eigenvalue weighted by Crippen LogP contribution is 2.15. The first kappa shape index (κ1) is 26.9. The van der Waals surface area contributed by atoms with E-state index in [4.69, 9.17) is 0 Å². The van der Waals surface area contributed by atoms with E-state index in [1.165, 1.54) is 11.1 Å². The van der Waals surface area contributed by atoms with Crippen LogP contribution in [0.3, 0.4) is 0 Å². The fraction of sp³-hybridized carbons (Fsp3) is 0.440. The van der Waals surface area contributed by atoms with Crippen LogP contribution in [-0.4, -0.2) is 44.5 Å². The molecular formula is C25H37IN4O. The summed E-state index contributed by atoms with van der Waals surface area (Å²) in [6.07, 6.45) is 1.92. The molecule has 0 spiro atoms. The van der Waals surface area contributed by atoms with E-state index in [1.807, 2.05) is 24.3 Å². The van der Waals surface area contributed by atoms with Crippen LogP contribution >= 0.6 is 24.0 Å². The maximum atomic E-state index is 12.1. The summed E-state index contributed by atoms with van der Waals surface area (Å²) in [6.45, 7) is 7.36. The lowest BCUT2D eigenvalue weighted by Gasteiger charge is -2.19. The van der Waals surface area contributed by atoms with Crippen LogP contribution in [-0.2, 0) is 12.8 Å². The zero-order valence-corrected chi connectivity index (χ0v) is 21.9. The van der Waals surface area contributed by atoms with Gasteiger partial charge in [0.1, 0.15) is 0 Å². The fourth-order valence-corrected chi connectivity index (χ4v) is 3.34. The van der Waals surface area contributed by atoms with E-state index >= 15 is 0 Å². The molecule has 0 aromatic heterocycles. The van der Waals surface area contributed by atoms with E-state index in [0.29, 0.717) is 5.92 Å². The Hall–Kier alpha value is -2.09. The molecule has 6 heteroatoms. The number of carbonyl (C=O) groups excluding carboxylic acids is 1. The Morgan fingerprint density at radius 2 is 1.71 bits per heavy atom. The number of halogens is 1. The molecule has 0 heterocycles. The summed E-state index contributed by atoms with van der Waals surface area (Å²) in [4.78, 5) is 18.1. The number of benzene rings is 2. The quantitative estimate of drug-likeness (QED) is 0.293. The summed E-state index contributed by atoms with van der Waals surface area (Å²) in [5.41, 5.74) is 4.45. The number of carbonyl (C=O) groups is 1. The molecule has 0 saturated carbocycles. The van der Waals surface area contributed by atoms with Crippen molar-refractivity contribution in [1.82, 2.24) is 15.5 Å². The number of nitrogens with one attached hydrogen (secondary N) is 2. The van der Waals surface area contributed by atoms with Crippen molar-refractivity contribution in [3.63, 3.8) is 0 Å². The predicted octanol–water partition coefficient (Wildman–Crippen LogP) is 4.67. The lowest BCUT2D eigenvalue weighted by Crippen LogP contribution is -2.39. The van der Waals surface area contributed by atoms with Gasteiger partial charge in [-0.1, -0.05) is 50.2 Å². The van der Waals surface area contributed by atoms with Gasteiger partial charge in [-0.15, -0.1) is 24.0 Å². The second-order valence-corrected chi connectivity index (χ2v) is 8.35. The van der Waals surface area contributed by atoms with Crippen LogP contribution < -0.4 is 10.6 Å². The summed E-state index contributed by atoms with van der Waals surface area (Å²) >= 11 is 0. The SMILES string of the molecule is CN=C(NCCc1cccc(C(=O)N(C)C)c1)NC(C)c1ccc(CC(C)C)cc1.I. The maximum absolute atomic E-state index is 12.1. The first-order valence-corrected chi connectivity index (χ1v) is 10.7. The Morgan fingerprint density at radius 1 is 1.03 bits per heavy atom. The van der Waals surface area contributed by atoms with Crippen molar-refractivity contribution in [3.8, 4) is 0 Å². The molecular weight excluding hydrogens is 499 g/mol. The molecule has 5 nitrogen and oxygen atoms in total. The molecule has 0 fully saturated rings. The van der Waals surface area contributed by atoms with Crippen molar-refractivity contribution in [2.24, 2.45) is 10.9 Å². The molecule has 1 atom stereocenters. The van der Waals surface area contributed by atoms with Gasteiger partial charge < -0.3 is 15.5 Å². The van der Waals surface area contributed by atoms with Crippen molar-refractivity contribution >= 4 is 35.8 Å². The Morgan fingerprint density at radius 3 is 2.29 bits per heavy atom. The van der Waals surface area contributed by atoms with Crippen LogP contribution in [0.4, 0.5) is 0 Å². The van der Waals surface area contributed by atoms with Gasteiger partial charge in [-0.05, 0) is 54.5 Å². The molecule has 0 radical (unpaired) electrons. The average Bonchev–Trinajstić information content (AvgIpc) is 2.72. The number of hydrogen-bond acceptors (Lipinski definition) is 2. The first-order valence-electron chi connectivity index (χ1n) is 10.7. The molecule has 0 aliphatic carbocycles. The standard InChI is InChI=1S/C25H36N4O.HI/c1-18(2)16-21-10-12-22(13-11-21)19(3)28-25(26-4)27-15-14-20-8-7-9-23(17-20)24(30)29(5)6;/h7-13,17-19H,14-16H2,1-6H3,(H2,26,27,28);1H. The molecule has 0 aliphatic heterocycles. The minimum atomic E-state index is 0. The Balaban J connectivity index is 0.00000480. The minimum Gasteiger partial charge on any atom is -0.356 e. The van der Waals surface area contributed by atoms with Crippen molar-refractivity contribution in [3.05, 3.63) is 70.8 Å². The molecule has 0 saturated heterocycles. The van der Waals surface area contributed by atoms with Crippen molar-refractivity contribution in [2.45, 2.75) is 39.7 Å². The summed E-state index contributed by atoms with van der Waals surface area (Å²) in [5.74, 6) is 1.46. The largest absolute Gasteiger partial charge is 0.356 e. The summed E-state index contributed by atoms with van der Waals surface area (Å²) < 4.78 is 0. The average molecular weight is 537 g/mol. The fourth-order valence-electron chi connectivity index (χ4n) is 3.34. The van der Waals surface area contributed by atoms with E-state index in [-0.39, 0.29) is 35.9 Å². The summed E-state index contributed by atoms with van der Waals surface area (Å²) in [7, 11) is 5.32. The van der Waals surface area contributed by atoms with Crippen LogP contribution in [0.1, 0.15) is 53.9 Å². The van der Waals surface area contributed by atoms with Gasteiger partial charge in [0.15, 0.2) is 5.96 Å². The summed E-state index contributed by atoms with van der Waals surface area (Å²) in [5, 5.41) is 6.82. The Kier molecular flexibility index (Phi) is 11.6. The molecule has 1 amide bonds. The topological polar surface area (TPSA) is 56.7 Å². The lowest BCUT2D eigenvalue weighted by atomic mass is 10.00.